The summed E-state index contributed by atoms with van der Waals surface area (Å²) in [4.78, 5) is 22.8. The number of halogens is 2. The van der Waals surface area contributed by atoms with Gasteiger partial charge in [-0.15, -0.1) is 0 Å². The third kappa shape index (κ3) is 6.72. The van der Waals surface area contributed by atoms with Crippen LogP contribution in [0.5, 0.6) is 0 Å². The molecule has 7 heteroatoms. The molecule has 1 aromatic carbocycles. The predicted octanol–water partition coefficient (Wildman–Crippen LogP) is 4.60. The molecule has 0 unspecified atom stereocenters. The normalized spacial score (nSPS) is 11.0. The molecule has 0 fully saturated rings. The van der Waals surface area contributed by atoms with Crippen molar-refractivity contribution in [2.75, 3.05) is 5.32 Å². The lowest BCUT2D eigenvalue weighted by molar-refractivity contribution is -0.117. The number of amides is 1. The molecular formula is C18H19Cl2N3O2. The van der Waals surface area contributed by atoms with Gasteiger partial charge in [-0.1, -0.05) is 29.3 Å². The van der Waals surface area contributed by atoms with Crippen LogP contribution in [0.4, 0.5) is 5.82 Å². The fourth-order valence-electron chi connectivity index (χ4n) is 2.17. The van der Waals surface area contributed by atoms with Crippen LogP contribution >= 0.6 is 23.2 Å². The zero-order valence-corrected chi connectivity index (χ0v) is 15.3. The number of rotatable bonds is 8. The molecule has 0 saturated heterocycles. The quantitative estimate of drug-likeness (QED) is 0.538. The van der Waals surface area contributed by atoms with E-state index in [1.165, 1.54) is 6.08 Å². The summed E-state index contributed by atoms with van der Waals surface area (Å²) in [5, 5.41) is 7.98. The SMILES string of the molecule is CC(=O)CCCCn1ccc(NC(=O)/C=C/c2ccc(Cl)cc2Cl)n1. The van der Waals surface area contributed by atoms with E-state index in [4.69, 9.17) is 23.2 Å². The van der Waals surface area contributed by atoms with Crippen LogP contribution in [-0.4, -0.2) is 21.5 Å². The van der Waals surface area contributed by atoms with Gasteiger partial charge in [-0.2, -0.15) is 5.10 Å². The van der Waals surface area contributed by atoms with Crippen LogP contribution in [0.25, 0.3) is 6.08 Å². The lowest BCUT2D eigenvalue weighted by atomic mass is 10.2. The molecule has 1 amide bonds. The first-order chi connectivity index (χ1) is 11.9. The van der Waals surface area contributed by atoms with Crippen LogP contribution in [0.1, 0.15) is 31.7 Å². The summed E-state index contributed by atoms with van der Waals surface area (Å²) in [5.74, 6) is 0.372. The molecule has 1 aromatic heterocycles. The van der Waals surface area contributed by atoms with Crippen LogP contribution < -0.4 is 5.32 Å². The first-order valence-corrected chi connectivity index (χ1v) is 8.66. The highest BCUT2D eigenvalue weighted by Crippen LogP contribution is 2.22. The van der Waals surface area contributed by atoms with Crippen molar-refractivity contribution in [3.63, 3.8) is 0 Å². The van der Waals surface area contributed by atoms with Gasteiger partial charge in [-0.05, 0) is 43.5 Å². The van der Waals surface area contributed by atoms with Gasteiger partial charge in [0.15, 0.2) is 5.82 Å². The van der Waals surface area contributed by atoms with Gasteiger partial charge in [-0.25, -0.2) is 0 Å². The van der Waals surface area contributed by atoms with Crippen molar-refractivity contribution in [3.8, 4) is 0 Å². The summed E-state index contributed by atoms with van der Waals surface area (Å²) in [7, 11) is 0. The lowest BCUT2D eigenvalue weighted by Gasteiger charge is -2.01. The Labute approximate surface area is 156 Å². The van der Waals surface area contributed by atoms with E-state index < -0.39 is 0 Å². The number of nitrogens with zero attached hydrogens (tertiary/aromatic N) is 2. The van der Waals surface area contributed by atoms with Gasteiger partial charge >= 0.3 is 0 Å². The Morgan fingerprint density at radius 1 is 1.24 bits per heavy atom. The first kappa shape index (κ1) is 19.2. The van der Waals surface area contributed by atoms with Gasteiger partial charge in [0.2, 0.25) is 5.91 Å². The van der Waals surface area contributed by atoms with E-state index in [9.17, 15) is 9.59 Å². The number of Topliss-reactive ketones (excluding diaryl/α,β-unsaturated/α-hetero) is 1. The number of nitrogens with one attached hydrogen (secondary N) is 1. The number of carbonyl (C=O) groups excluding carboxylic acids is 2. The van der Waals surface area contributed by atoms with Crippen molar-refractivity contribution in [2.45, 2.75) is 32.7 Å². The molecule has 0 spiro atoms. The number of hydrogen-bond acceptors (Lipinski definition) is 3. The zero-order valence-electron chi connectivity index (χ0n) is 13.8. The lowest BCUT2D eigenvalue weighted by Crippen LogP contribution is -2.09. The second-order valence-electron chi connectivity index (χ2n) is 5.61. The van der Waals surface area contributed by atoms with Crippen LogP contribution in [-0.2, 0) is 16.1 Å². The van der Waals surface area contributed by atoms with E-state index in [1.807, 2.05) is 0 Å². The Balaban J connectivity index is 1.84. The van der Waals surface area contributed by atoms with Crippen LogP contribution in [0.15, 0.2) is 36.5 Å². The minimum absolute atomic E-state index is 0.195. The molecule has 132 valence electrons. The third-order valence-corrected chi connectivity index (χ3v) is 4.00. The van der Waals surface area contributed by atoms with E-state index in [-0.39, 0.29) is 11.7 Å². The second-order valence-corrected chi connectivity index (χ2v) is 6.46. The molecule has 0 radical (unpaired) electrons. The fourth-order valence-corrected chi connectivity index (χ4v) is 2.64. The Kier molecular flexibility index (Phi) is 7.22. The van der Waals surface area contributed by atoms with Crippen molar-refractivity contribution in [3.05, 3.63) is 52.1 Å². The van der Waals surface area contributed by atoms with Crippen molar-refractivity contribution in [1.82, 2.24) is 9.78 Å². The highest BCUT2D eigenvalue weighted by molar-refractivity contribution is 6.35. The van der Waals surface area contributed by atoms with E-state index in [0.29, 0.717) is 34.4 Å². The summed E-state index contributed by atoms with van der Waals surface area (Å²) in [5.41, 5.74) is 0.706. The number of aromatic nitrogens is 2. The van der Waals surface area contributed by atoms with E-state index in [2.05, 4.69) is 10.4 Å². The maximum Gasteiger partial charge on any atom is 0.249 e. The summed E-state index contributed by atoms with van der Waals surface area (Å²) < 4.78 is 1.75. The molecule has 5 nitrogen and oxygen atoms in total. The number of unbranched alkanes of at least 4 members (excludes halogenated alkanes) is 1. The molecule has 0 saturated carbocycles. The fraction of sp³-hybridized carbons (Fsp3) is 0.278. The van der Waals surface area contributed by atoms with Gasteiger partial charge in [0.25, 0.3) is 0 Å². The number of hydrogen-bond donors (Lipinski definition) is 1. The zero-order chi connectivity index (χ0) is 18.2. The molecule has 0 aliphatic carbocycles. The average molecular weight is 380 g/mol. The first-order valence-electron chi connectivity index (χ1n) is 7.91. The van der Waals surface area contributed by atoms with Crippen molar-refractivity contribution in [2.24, 2.45) is 0 Å². The van der Waals surface area contributed by atoms with Crippen LogP contribution in [0.2, 0.25) is 10.0 Å². The van der Waals surface area contributed by atoms with Crippen molar-refractivity contribution < 1.29 is 9.59 Å². The summed E-state index contributed by atoms with van der Waals surface area (Å²) in [6, 6.07) is 6.80. The monoisotopic (exact) mass is 379 g/mol. The number of carbonyl (C=O) groups is 2. The number of benzene rings is 1. The molecule has 1 N–H and O–H groups in total. The third-order valence-electron chi connectivity index (χ3n) is 3.43. The summed E-state index contributed by atoms with van der Waals surface area (Å²) in [6.07, 6.45) is 7.09. The minimum atomic E-state index is -0.298. The number of ketones is 1. The molecular weight excluding hydrogens is 361 g/mol. The van der Waals surface area contributed by atoms with Gasteiger partial charge < -0.3 is 10.1 Å². The smallest absolute Gasteiger partial charge is 0.249 e. The van der Waals surface area contributed by atoms with Crippen molar-refractivity contribution in [1.29, 1.82) is 0 Å². The van der Waals surface area contributed by atoms with Crippen molar-refractivity contribution >= 4 is 46.8 Å². The highest BCUT2D eigenvalue weighted by atomic mass is 35.5. The maximum atomic E-state index is 12.0. The molecule has 25 heavy (non-hydrogen) atoms. The van der Waals surface area contributed by atoms with E-state index in [0.717, 1.165) is 12.8 Å². The highest BCUT2D eigenvalue weighted by Gasteiger charge is 2.04. The van der Waals surface area contributed by atoms with Gasteiger partial charge in [0, 0.05) is 41.4 Å². The largest absolute Gasteiger partial charge is 0.306 e. The molecule has 0 atom stereocenters. The summed E-state index contributed by atoms with van der Waals surface area (Å²) in [6.45, 7) is 2.30. The number of anilines is 1. The topological polar surface area (TPSA) is 64.0 Å². The molecule has 0 aliphatic heterocycles. The van der Waals surface area contributed by atoms with E-state index >= 15 is 0 Å². The second kappa shape index (κ2) is 9.39. The average Bonchev–Trinajstić information content (AvgIpc) is 2.98. The molecule has 0 bridgehead atoms. The van der Waals surface area contributed by atoms with Gasteiger partial charge in [-0.3, -0.25) is 9.48 Å². The summed E-state index contributed by atoms with van der Waals surface area (Å²) >= 11 is 11.9. The number of aryl methyl sites for hydroxylation is 1. The van der Waals surface area contributed by atoms with Gasteiger partial charge in [0.1, 0.15) is 5.78 Å². The van der Waals surface area contributed by atoms with E-state index in [1.54, 1.807) is 48.1 Å². The predicted molar refractivity (Wildman–Crippen MR) is 101 cm³/mol. The van der Waals surface area contributed by atoms with Gasteiger partial charge in [0.05, 0.1) is 0 Å². The molecule has 1 heterocycles. The standard InChI is InChI=1S/C18H19Cl2N3O2/c1-13(24)4-2-3-10-23-11-9-17(22-23)21-18(25)8-6-14-5-7-15(19)12-16(14)20/h5-9,11-12H,2-4,10H2,1H3,(H,21,22,25)/b8-6+. The Morgan fingerprint density at radius 2 is 2.04 bits per heavy atom. The van der Waals surface area contributed by atoms with Crippen LogP contribution in [0.3, 0.4) is 0 Å². The molecule has 2 rings (SSSR count). The Morgan fingerprint density at radius 3 is 2.76 bits per heavy atom. The molecule has 0 aliphatic rings. The maximum absolute atomic E-state index is 12.0. The minimum Gasteiger partial charge on any atom is -0.306 e. The Bertz CT molecular complexity index is 784. The Hall–Kier alpha value is -2.11. The molecule has 2 aromatic rings. The van der Waals surface area contributed by atoms with Crippen LogP contribution in [0, 0.1) is 0 Å².